The number of para-hydroxylation sites is 1. The molecule has 0 aliphatic heterocycles. The molecule has 1 amide bonds. The molecular formula is C17H17Cl2NO2. The molecule has 116 valence electrons. The van der Waals surface area contributed by atoms with E-state index < -0.39 is 0 Å². The van der Waals surface area contributed by atoms with Crippen LogP contribution in [0.3, 0.4) is 0 Å². The molecule has 0 saturated carbocycles. The molecule has 0 saturated heterocycles. The number of carbonyl (C=O) groups is 1. The lowest BCUT2D eigenvalue weighted by Crippen LogP contribution is -2.30. The second-order valence-corrected chi connectivity index (χ2v) is 5.73. The minimum atomic E-state index is -0.159. The zero-order valence-electron chi connectivity index (χ0n) is 12.2. The lowest BCUT2D eigenvalue weighted by Gasteiger charge is -2.10. The molecule has 2 aromatic carbocycles. The van der Waals surface area contributed by atoms with Crippen LogP contribution in [0.2, 0.25) is 10.0 Å². The van der Waals surface area contributed by atoms with E-state index in [1.165, 1.54) is 0 Å². The summed E-state index contributed by atoms with van der Waals surface area (Å²) in [4.78, 5) is 11.8. The van der Waals surface area contributed by atoms with Crippen LogP contribution in [0.1, 0.15) is 11.1 Å². The van der Waals surface area contributed by atoms with Gasteiger partial charge in [0.25, 0.3) is 5.91 Å². The first kappa shape index (κ1) is 16.7. The Morgan fingerprint density at radius 1 is 1.18 bits per heavy atom. The SMILES string of the molecule is Cc1ccccc1OCC(=O)NCCc1ccc(Cl)cc1Cl. The zero-order valence-corrected chi connectivity index (χ0v) is 13.7. The van der Waals surface area contributed by atoms with Crippen molar-refractivity contribution in [2.24, 2.45) is 0 Å². The van der Waals surface area contributed by atoms with Crippen molar-refractivity contribution in [2.75, 3.05) is 13.2 Å². The number of amides is 1. The Morgan fingerprint density at radius 2 is 1.95 bits per heavy atom. The molecule has 0 fully saturated rings. The van der Waals surface area contributed by atoms with Crippen molar-refractivity contribution in [1.82, 2.24) is 5.32 Å². The molecule has 0 atom stereocenters. The van der Waals surface area contributed by atoms with Gasteiger partial charge in [0.2, 0.25) is 0 Å². The Balaban J connectivity index is 1.75. The van der Waals surface area contributed by atoms with Gasteiger partial charge in [0.15, 0.2) is 6.61 Å². The smallest absolute Gasteiger partial charge is 0.257 e. The molecule has 5 heteroatoms. The predicted octanol–water partition coefficient (Wildman–Crippen LogP) is 4.04. The Hall–Kier alpha value is -1.71. The van der Waals surface area contributed by atoms with E-state index in [0.29, 0.717) is 23.0 Å². The van der Waals surface area contributed by atoms with E-state index in [1.807, 2.05) is 37.3 Å². The predicted molar refractivity (Wildman–Crippen MR) is 89.8 cm³/mol. The molecule has 0 aliphatic rings. The van der Waals surface area contributed by atoms with E-state index in [2.05, 4.69) is 5.32 Å². The monoisotopic (exact) mass is 337 g/mol. The van der Waals surface area contributed by atoms with Gasteiger partial charge in [-0.25, -0.2) is 0 Å². The minimum Gasteiger partial charge on any atom is -0.484 e. The van der Waals surface area contributed by atoms with Crippen molar-refractivity contribution in [1.29, 1.82) is 0 Å². The molecule has 0 heterocycles. The standard InChI is InChI=1S/C17H17Cl2NO2/c1-12-4-2-3-5-16(12)22-11-17(21)20-9-8-13-6-7-14(18)10-15(13)19/h2-7,10H,8-9,11H2,1H3,(H,20,21). The molecule has 0 aliphatic carbocycles. The maximum atomic E-state index is 11.8. The number of carbonyl (C=O) groups excluding carboxylic acids is 1. The fourth-order valence-electron chi connectivity index (χ4n) is 1.97. The highest BCUT2D eigenvalue weighted by molar-refractivity contribution is 6.35. The quantitative estimate of drug-likeness (QED) is 0.863. The first-order valence-corrected chi connectivity index (χ1v) is 7.71. The minimum absolute atomic E-state index is 0.000790. The highest BCUT2D eigenvalue weighted by Crippen LogP contribution is 2.21. The molecule has 2 rings (SSSR count). The first-order chi connectivity index (χ1) is 10.6. The summed E-state index contributed by atoms with van der Waals surface area (Å²) >= 11 is 11.9. The molecule has 1 N–H and O–H groups in total. The Morgan fingerprint density at radius 3 is 2.68 bits per heavy atom. The number of aryl methyl sites for hydroxylation is 1. The van der Waals surface area contributed by atoms with Crippen LogP contribution in [-0.4, -0.2) is 19.1 Å². The molecule has 2 aromatic rings. The molecule has 3 nitrogen and oxygen atoms in total. The van der Waals surface area contributed by atoms with Crippen LogP contribution in [0.4, 0.5) is 0 Å². The van der Waals surface area contributed by atoms with Crippen LogP contribution in [0.5, 0.6) is 5.75 Å². The van der Waals surface area contributed by atoms with Gasteiger partial charge in [0, 0.05) is 16.6 Å². The van der Waals surface area contributed by atoms with Crippen molar-refractivity contribution < 1.29 is 9.53 Å². The summed E-state index contributed by atoms with van der Waals surface area (Å²) in [5.41, 5.74) is 1.95. The average Bonchev–Trinajstić information content (AvgIpc) is 2.49. The van der Waals surface area contributed by atoms with Crippen LogP contribution in [-0.2, 0) is 11.2 Å². The van der Waals surface area contributed by atoms with Crippen LogP contribution in [0.25, 0.3) is 0 Å². The van der Waals surface area contributed by atoms with E-state index in [-0.39, 0.29) is 12.5 Å². The van der Waals surface area contributed by atoms with Gasteiger partial charge in [-0.1, -0.05) is 47.5 Å². The van der Waals surface area contributed by atoms with Crippen molar-refractivity contribution in [3.8, 4) is 5.75 Å². The maximum Gasteiger partial charge on any atom is 0.257 e. The van der Waals surface area contributed by atoms with E-state index in [4.69, 9.17) is 27.9 Å². The van der Waals surface area contributed by atoms with E-state index in [9.17, 15) is 4.79 Å². The second kappa shape index (κ2) is 8.06. The van der Waals surface area contributed by atoms with Crippen LogP contribution >= 0.6 is 23.2 Å². The Bertz CT molecular complexity index is 659. The lowest BCUT2D eigenvalue weighted by molar-refractivity contribution is -0.123. The van der Waals surface area contributed by atoms with Gasteiger partial charge in [-0.05, 0) is 42.7 Å². The Labute approximate surface area is 140 Å². The molecule has 0 bridgehead atoms. The summed E-state index contributed by atoms with van der Waals surface area (Å²) in [7, 11) is 0. The summed E-state index contributed by atoms with van der Waals surface area (Å²) in [6.07, 6.45) is 0.645. The van der Waals surface area contributed by atoms with Crippen LogP contribution in [0.15, 0.2) is 42.5 Å². The first-order valence-electron chi connectivity index (χ1n) is 6.95. The van der Waals surface area contributed by atoms with Gasteiger partial charge in [-0.15, -0.1) is 0 Å². The molecule has 0 spiro atoms. The zero-order chi connectivity index (χ0) is 15.9. The lowest BCUT2D eigenvalue weighted by atomic mass is 10.1. The third-order valence-corrected chi connectivity index (χ3v) is 3.77. The summed E-state index contributed by atoms with van der Waals surface area (Å²) in [6, 6.07) is 12.9. The summed E-state index contributed by atoms with van der Waals surface area (Å²) in [6.45, 7) is 2.44. The Kier molecular flexibility index (Phi) is 6.10. The van der Waals surface area contributed by atoms with E-state index in [0.717, 1.165) is 16.9 Å². The largest absolute Gasteiger partial charge is 0.484 e. The second-order valence-electron chi connectivity index (χ2n) is 4.89. The van der Waals surface area contributed by atoms with E-state index >= 15 is 0 Å². The van der Waals surface area contributed by atoms with Gasteiger partial charge in [-0.3, -0.25) is 4.79 Å². The summed E-state index contributed by atoms with van der Waals surface area (Å²) < 4.78 is 5.49. The maximum absolute atomic E-state index is 11.8. The fraction of sp³-hybridized carbons (Fsp3) is 0.235. The number of hydrogen-bond acceptors (Lipinski definition) is 2. The van der Waals surface area contributed by atoms with Gasteiger partial charge in [-0.2, -0.15) is 0 Å². The third-order valence-electron chi connectivity index (χ3n) is 3.18. The number of benzene rings is 2. The van der Waals surface area contributed by atoms with Gasteiger partial charge in [0.1, 0.15) is 5.75 Å². The highest BCUT2D eigenvalue weighted by atomic mass is 35.5. The van der Waals surface area contributed by atoms with Gasteiger partial charge in [0.05, 0.1) is 0 Å². The molecule has 0 radical (unpaired) electrons. The molecule has 0 unspecified atom stereocenters. The van der Waals surface area contributed by atoms with Crippen molar-refractivity contribution in [2.45, 2.75) is 13.3 Å². The number of halogens is 2. The van der Waals surface area contributed by atoms with Crippen molar-refractivity contribution >= 4 is 29.1 Å². The summed E-state index contributed by atoms with van der Waals surface area (Å²) in [5.74, 6) is 0.562. The highest BCUT2D eigenvalue weighted by Gasteiger charge is 2.05. The number of rotatable bonds is 6. The fourth-order valence-corrected chi connectivity index (χ4v) is 2.48. The number of ether oxygens (including phenoxy) is 1. The van der Waals surface area contributed by atoms with E-state index in [1.54, 1.807) is 12.1 Å². The molecule has 0 aromatic heterocycles. The topological polar surface area (TPSA) is 38.3 Å². The number of nitrogens with one attached hydrogen (secondary N) is 1. The normalized spacial score (nSPS) is 10.3. The average molecular weight is 338 g/mol. The molecule has 22 heavy (non-hydrogen) atoms. The molecular weight excluding hydrogens is 321 g/mol. The van der Waals surface area contributed by atoms with Gasteiger partial charge >= 0.3 is 0 Å². The van der Waals surface area contributed by atoms with Crippen molar-refractivity contribution in [3.05, 3.63) is 63.6 Å². The van der Waals surface area contributed by atoms with Gasteiger partial charge < -0.3 is 10.1 Å². The van der Waals surface area contributed by atoms with Crippen LogP contribution in [0, 0.1) is 6.92 Å². The van der Waals surface area contributed by atoms with Crippen LogP contribution < -0.4 is 10.1 Å². The van der Waals surface area contributed by atoms with Crippen molar-refractivity contribution in [3.63, 3.8) is 0 Å². The third kappa shape index (κ3) is 4.93. The number of hydrogen-bond donors (Lipinski definition) is 1. The summed E-state index contributed by atoms with van der Waals surface area (Å²) in [5, 5.41) is 4.02.